The first-order valence-corrected chi connectivity index (χ1v) is 18.0. The summed E-state index contributed by atoms with van der Waals surface area (Å²) in [6.45, 7) is 4.62. The first-order valence-electron chi connectivity index (χ1n) is 18.0. The Morgan fingerprint density at radius 3 is 1.48 bits per heavy atom. The molecule has 3 heteroatoms. The van der Waals surface area contributed by atoms with E-state index in [2.05, 4.69) is 178 Å². The zero-order valence-corrected chi connectivity index (χ0v) is 29.1. The molecule has 0 saturated carbocycles. The summed E-state index contributed by atoms with van der Waals surface area (Å²) in [5, 5.41) is 0. The van der Waals surface area contributed by atoms with Crippen molar-refractivity contribution in [1.29, 1.82) is 0 Å². The van der Waals surface area contributed by atoms with E-state index in [0.717, 1.165) is 22.3 Å². The number of hydrogen-bond acceptors (Lipinski definition) is 3. The van der Waals surface area contributed by atoms with Crippen LogP contribution < -0.4 is 0 Å². The monoisotopic (exact) mass is 665 g/mol. The summed E-state index contributed by atoms with van der Waals surface area (Å²) in [5.74, 6) is 2.18. The van der Waals surface area contributed by atoms with Gasteiger partial charge in [-0.1, -0.05) is 184 Å². The van der Waals surface area contributed by atoms with E-state index in [9.17, 15) is 0 Å². The maximum Gasteiger partial charge on any atom is 0.164 e. The largest absolute Gasteiger partial charge is 0.208 e. The van der Waals surface area contributed by atoms with Crippen LogP contribution in [0.5, 0.6) is 0 Å². The van der Waals surface area contributed by atoms with Crippen LogP contribution in [0, 0.1) is 0 Å². The summed E-state index contributed by atoms with van der Waals surface area (Å²) in [6.07, 6.45) is 0. The molecule has 0 fully saturated rings. The molecule has 246 valence electrons. The van der Waals surface area contributed by atoms with E-state index >= 15 is 0 Å². The lowest BCUT2D eigenvalue weighted by Crippen LogP contribution is -2.14. The number of hydrogen-bond donors (Lipinski definition) is 0. The van der Waals surface area contributed by atoms with Gasteiger partial charge in [-0.25, -0.2) is 15.0 Å². The van der Waals surface area contributed by atoms with Gasteiger partial charge in [0.1, 0.15) is 0 Å². The minimum Gasteiger partial charge on any atom is -0.208 e. The summed E-state index contributed by atoms with van der Waals surface area (Å²) >= 11 is 0. The van der Waals surface area contributed by atoms with Crippen LogP contribution in [0.3, 0.4) is 0 Å². The Balaban J connectivity index is 1.11. The third kappa shape index (κ3) is 4.77. The van der Waals surface area contributed by atoms with Gasteiger partial charge in [-0.15, -0.1) is 0 Å². The molecule has 2 aliphatic rings. The maximum absolute atomic E-state index is 5.24. The van der Waals surface area contributed by atoms with Gasteiger partial charge in [-0.3, -0.25) is 0 Å². The van der Waals surface area contributed by atoms with Crippen molar-refractivity contribution >= 4 is 0 Å². The summed E-state index contributed by atoms with van der Waals surface area (Å²) in [7, 11) is 0. The van der Waals surface area contributed by atoms with Gasteiger partial charge >= 0.3 is 0 Å². The lowest BCUT2D eigenvalue weighted by atomic mass is 9.82. The van der Waals surface area contributed by atoms with Gasteiger partial charge in [0.2, 0.25) is 0 Å². The minimum absolute atomic E-state index is 0.124. The average molecular weight is 666 g/mol. The Morgan fingerprint density at radius 1 is 0.365 bits per heavy atom. The Hall–Kier alpha value is -6.45. The van der Waals surface area contributed by atoms with Crippen molar-refractivity contribution in [2.24, 2.45) is 0 Å². The average Bonchev–Trinajstić information content (AvgIpc) is 3.67. The van der Waals surface area contributed by atoms with E-state index in [4.69, 9.17) is 15.0 Å². The van der Waals surface area contributed by atoms with E-state index in [1.807, 2.05) is 6.07 Å². The Labute approximate surface area is 304 Å². The van der Waals surface area contributed by atoms with Crippen molar-refractivity contribution in [2.45, 2.75) is 25.2 Å². The number of aromatic nitrogens is 3. The number of nitrogens with zero attached hydrogens (tertiary/aromatic N) is 3. The maximum atomic E-state index is 5.24. The summed E-state index contributed by atoms with van der Waals surface area (Å²) in [5.41, 5.74) is 16.8. The van der Waals surface area contributed by atoms with E-state index in [0.29, 0.717) is 17.5 Å². The second kappa shape index (κ2) is 11.8. The fourth-order valence-corrected chi connectivity index (χ4v) is 8.48. The molecule has 0 N–H and O–H groups in total. The molecule has 0 bridgehead atoms. The fourth-order valence-electron chi connectivity index (χ4n) is 8.48. The van der Waals surface area contributed by atoms with E-state index in [1.54, 1.807) is 0 Å². The van der Waals surface area contributed by atoms with Gasteiger partial charge in [0.25, 0.3) is 0 Å². The SMILES string of the molecule is CC1(C)c2ccccc2-c2c(-c3nc(-c4ccc(-c5ccccc5)cc4)nc(-c4ccc(C5c6ccccc6-c6ccccc65)cc4)n3)cccc21. The molecule has 1 heterocycles. The highest BCUT2D eigenvalue weighted by atomic mass is 15.0. The first-order chi connectivity index (χ1) is 25.5. The highest BCUT2D eigenvalue weighted by molar-refractivity contribution is 5.91. The number of rotatable bonds is 5. The molecule has 0 unspecified atom stereocenters. The molecule has 0 radical (unpaired) electrons. The number of benzene rings is 7. The smallest absolute Gasteiger partial charge is 0.164 e. The molecule has 0 amide bonds. The van der Waals surface area contributed by atoms with Crippen LogP contribution in [0.2, 0.25) is 0 Å². The van der Waals surface area contributed by atoms with Crippen LogP contribution in [0.4, 0.5) is 0 Å². The minimum atomic E-state index is -0.124. The molecule has 2 aliphatic carbocycles. The third-order valence-corrected chi connectivity index (χ3v) is 11.1. The molecule has 1 aromatic heterocycles. The quantitative estimate of drug-likeness (QED) is 0.184. The first kappa shape index (κ1) is 30.4. The van der Waals surface area contributed by atoms with Crippen molar-refractivity contribution < 1.29 is 0 Å². The predicted molar refractivity (Wildman–Crippen MR) is 212 cm³/mol. The standard InChI is InChI=1S/C49H35N3/c1-49(2)42-21-11-10-19-40(42)45-41(20-12-22-43(45)49)48-51-46(34-27-23-32(24-28-34)31-13-4-3-5-14-31)50-47(52-48)35-29-25-33(26-30-35)44-38-17-8-6-15-36(38)37-16-7-9-18-39(37)44/h3-30,44H,1-2H3. The molecule has 0 aliphatic heterocycles. The van der Waals surface area contributed by atoms with Gasteiger partial charge in [0, 0.05) is 28.0 Å². The van der Waals surface area contributed by atoms with Gasteiger partial charge in [-0.2, -0.15) is 0 Å². The number of fused-ring (bicyclic) bond motifs is 6. The predicted octanol–water partition coefficient (Wildman–Crippen LogP) is 12.0. The molecule has 52 heavy (non-hydrogen) atoms. The van der Waals surface area contributed by atoms with Gasteiger partial charge < -0.3 is 0 Å². The molecule has 7 aromatic carbocycles. The Kier molecular flexibility index (Phi) is 6.91. The van der Waals surface area contributed by atoms with Crippen LogP contribution in [-0.4, -0.2) is 15.0 Å². The Bertz CT molecular complexity index is 2590. The van der Waals surface area contributed by atoms with Crippen molar-refractivity contribution in [3.8, 4) is 67.5 Å². The Morgan fingerprint density at radius 2 is 0.827 bits per heavy atom. The molecule has 0 saturated heterocycles. The zero-order valence-electron chi connectivity index (χ0n) is 29.1. The van der Waals surface area contributed by atoms with Crippen LogP contribution in [0.1, 0.15) is 47.6 Å². The third-order valence-electron chi connectivity index (χ3n) is 11.1. The highest BCUT2D eigenvalue weighted by Crippen LogP contribution is 2.52. The summed E-state index contributed by atoms with van der Waals surface area (Å²) in [6, 6.07) is 60.7. The van der Waals surface area contributed by atoms with Crippen LogP contribution in [0.15, 0.2) is 170 Å². The molecule has 8 aromatic rings. The lowest BCUT2D eigenvalue weighted by molar-refractivity contribution is 0.660. The molecule has 10 rings (SSSR count). The highest BCUT2D eigenvalue weighted by Gasteiger charge is 2.37. The zero-order chi connectivity index (χ0) is 34.8. The van der Waals surface area contributed by atoms with Gasteiger partial charge in [0.05, 0.1) is 0 Å². The molecule has 0 spiro atoms. The molecule has 0 atom stereocenters. The lowest BCUT2D eigenvalue weighted by Gasteiger charge is -2.21. The van der Waals surface area contributed by atoms with Crippen molar-refractivity contribution in [3.05, 3.63) is 198 Å². The normalized spacial score (nSPS) is 13.7. The molecular weight excluding hydrogens is 631 g/mol. The fraction of sp³-hybridized carbons (Fsp3) is 0.0816. The van der Waals surface area contributed by atoms with Crippen molar-refractivity contribution in [2.75, 3.05) is 0 Å². The van der Waals surface area contributed by atoms with Crippen LogP contribution in [-0.2, 0) is 5.41 Å². The second-order valence-corrected chi connectivity index (χ2v) is 14.4. The van der Waals surface area contributed by atoms with Crippen LogP contribution >= 0.6 is 0 Å². The van der Waals surface area contributed by atoms with E-state index in [-0.39, 0.29) is 11.3 Å². The molecule has 3 nitrogen and oxygen atoms in total. The van der Waals surface area contributed by atoms with E-state index < -0.39 is 0 Å². The summed E-state index contributed by atoms with van der Waals surface area (Å²) < 4.78 is 0. The van der Waals surface area contributed by atoms with Gasteiger partial charge in [0.15, 0.2) is 17.5 Å². The summed E-state index contributed by atoms with van der Waals surface area (Å²) in [4.78, 5) is 15.6. The van der Waals surface area contributed by atoms with E-state index in [1.165, 1.54) is 55.6 Å². The van der Waals surface area contributed by atoms with Crippen molar-refractivity contribution in [1.82, 2.24) is 15.0 Å². The van der Waals surface area contributed by atoms with Crippen molar-refractivity contribution in [3.63, 3.8) is 0 Å². The topological polar surface area (TPSA) is 38.7 Å². The molecular formula is C49H35N3. The van der Waals surface area contributed by atoms with Crippen LogP contribution in [0.25, 0.3) is 67.5 Å². The second-order valence-electron chi connectivity index (χ2n) is 14.4. The van der Waals surface area contributed by atoms with Gasteiger partial charge in [-0.05, 0) is 61.2 Å².